The first-order chi connectivity index (χ1) is 12.9. The summed E-state index contributed by atoms with van der Waals surface area (Å²) < 4.78 is 1.14. The predicted molar refractivity (Wildman–Crippen MR) is 114 cm³/mol. The van der Waals surface area contributed by atoms with Crippen molar-refractivity contribution in [1.82, 2.24) is 15.1 Å². The van der Waals surface area contributed by atoms with E-state index in [0.29, 0.717) is 19.6 Å². The average molecular weight is 390 g/mol. The lowest BCUT2D eigenvalue weighted by Gasteiger charge is -2.23. The minimum atomic E-state index is 0.0422. The predicted octanol–water partition coefficient (Wildman–Crippen LogP) is 3.52. The molecule has 0 fully saturated rings. The lowest BCUT2D eigenvalue weighted by Crippen LogP contribution is -2.42. The Hall–Kier alpha value is -1.92. The summed E-state index contributed by atoms with van der Waals surface area (Å²) in [5.74, 6) is 0.0871. The van der Waals surface area contributed by atoms with Crippen LogP contribution in [-0.4, -0.2) is 61.4 Å². The van der Waals surface area contributed by atoms with Crippen molar-refractivity contribution in [3.05, 3.63) is 34.7 Å². The van der Waals surface area contributed by atoms with Gasteiger partial charge < -0.3 is 10.2 Å². The van der Waals surface area contributed by atoms with Gasteiger partial charge in [-0.15, -0.1) is 11.3 Å². The quantitative estimate of drug-likeness (QED) is 0.714. The topological polar surface area (TPSA) is 52.7 Å². The first-order valence-corrected chi connectivity index (χ1v) is 10.4. The van der Waals surface area contributed by atoms with E-state index in [0.717, 1.165) is 33.4 Å². The zero-order chi connectivity index (χ0) is 20.0. The number of fused-ring (bicyclic) bond motifs is 1. The highest BCUT2D eigenvalue weighted by Crippen LogP contribution is 2.31. The Balaban J connectivity index is 1.88. The number of nitrogens with one attached hydrogen (secondary N) is 1. The van der Waals surface area contributed by atoms with Crippen LogP contribution in [0.25, 0.3) is 10.1 Å². The molecule has 0 atom stereocenters. The highest BCUT2D eigenvalue weighted by molar-refractivity contribution is 7.21. The molecule has 0 spiro atoms. The number of carbonyl (C=O) groups excluding carboxylic acids is 2. The maximum Gasteiger partial charge on any atom is 0.264 e. The standard InChI is InChI=1S/C21H31N3O2S/c1-6-16(7-2)22-19(25)14-23(4)12-13-24(5)21(26)20-15(3)17-10-8-9-11-18(17)27-20/h8-11,16H,6-7,12-14H2,1-5H3,(H,22,25). The van der Waals surface area contributed by atoms with Gasteiger partial charge in [0.2, 0.25) is 5.91 Å². The fraction of sp³-hybridized carbons (Fsp3) is 0.524. The van der Waals surface area contributed by atoms with Crippen molar-refractivity contribution in [1.29, 1.82) is 0 Å². The summed E-state index contributed by atoms with van der Waals surface area (Å²) >= 11 is 1.55. The molecule has 27 heavy (non-hydrogen) atoms. The summed E-state index contributed by atoms with van der Waals surface area (Å²) in [6.45, 7) is 7.75. The molecule has 148 valence electrons. The van der Waals surface area contributed by atoms with Gasteiger partial charge in [0.25, 0.3) is 5.91 Å². The van der Waals surface area contributed by atoms with Crippen LogP contribution in [0.15, 0.2) is 24.3 Å². The Morgan fingerprint density at radius 3 is 2.41 bits per heavy atom. The molecule has 0 saturated heterocycles. The molecule has 2 rings (SSSR count). The number of rotatable bonds is 9. The average Bonchev–Trinajstić information content (AvgIpc) is 3.00. The molecule has 0 saturated carbocycles. The van der Waals surface area contributed by atoms with E-state index in [1.54, 1.807) is 16.2 Å². The molecule has 1 N–H and O–H groups in total. The van der Waals surface area contributed by atoms with E-state index in [2.05, 4.69) is 31.3 Å². The third-order valence-electron chi connectivity index (χ3n) is 4.97. The number of carbonyl (C=O) groups is 2. The molecule has 0 unspecified atom stereocenters. The molecule has 0 aliphatic carbocycles. The van der Waals surface area contributed by atoms with Crippen LogP contribution in [0.2, 0.25) is 0 Å². The molecule has 0 aliphatic heterocycles. The normalized spacial score (nSPS) is 11.4. The SMILES string of the molecule is CCC(CC)NC(=O)CN(C)CCN(C)C(=O)c1sc2ccccc2c1C. The zero-order valence-corrected chi connectivity index (χ0v) is 17.9. The minimum absolute atomic E-state index is 0.0422. The Kier molecular flexibility index (Phi) is 7.80. The van der Waals surface area contributed by atoms with Gasteiger partial charge in [0.15, 0.2) is 0 Å². The lowest BCUT2D eigenvalue weighted by molar-refractivity contribution is -0.122. The number of benzene rings is 1. The van der Waals surface area contributed by atoms with E-state index in [9.17, 15) is 9.59 Å². The third kappa shape index (κ3) is 5.53. The Morgan fingerprint density at radius 1 is 1.11 bits per heavy atom. The van der Waals surface area contributed by atoms with Crippen molar-refractivity contribution in [2.75, 3.05) is 33.7 Å². The van der Waals surface area contributed by atoms with E-state index >= 15 is 0 Å². The molecule has 1 aromatic heterocycles. The van der Waals surface area contributed by atoms with Crippen LogP contribution in [0.5, 0.6) is 0 Å². The Labute approximate surface area is 166 Å². The summed E-state index contributed by atoms with van der Waals surface area (Å²) in [6.07, 6.45) is 1.88. The highest BCUT2D eigenvalue weighted by atomic mass is 32.1. The fourth-order valence-corrected chi connectivity index (χ4v) is 4.27. The monoisotopic (exact) mass is 389 g/mol. The second-order valence-electron chi connectivity index (χ2n) is 7.10. The van der Waals surface area contributed by atoms with Crippen LogP contribution in [0.4, 0.5) is 0 Å². The van der Waals surface area contributed by atoms with Crippen LogP contribution >= 0.6 is 11.3 Å². The summed E-state index contributed by atoms with van der Waals surface area (Å²) in [6, 6.07) is 8.35. The Bertz CT molecular complexity index is 783. The van der Waals surface area contributed by atoms with Crippen molar-refractivity contribution in [2.24, 2.45) is 0 Å². The largest absolute Gasteiger partial charge is 0.352 e. The van der Waals surface area contributed by atoms with Gasteiger partial charge in [-0.2, -0.15) is 0 Å². The molecule has 5 nitrogen and oxygen atoms in total. The third-order valence-corrected chi connectivity index (χ3v) is 6.23. The molecule has 1 aromatic carbocycles. The van der Waals surface area contributed by atoms with Gasteiger partial charge in [0.05, 0.1) is 11.4 Å². The van der Waals surface area contributed by atoms with Crippen molar-refractivity contribution in [3.63, 3.8) is 0 Å². The number of hydrogen-bond donors (Lipinski definition) is 1. The summed E-state index contributed by atoms with van der Waals surface area (Å²) in [7, 11) is 3.74. The van der Waals surface area contributed by atoms with Crippen molar-refractivity contribution >= 4 is 33.2 Å². The van der Waals surface area contributed by atoms with Crippen LogP contribution in [0.1, 0.15) is 41.9 Å². The maximum absolute atomic E-state index is 12.8. The molecule has 2 aromatic rings. The van der Waals surface area contributed by atoms with Crippen LogP contribution < -0.4 is 5.32 Å². The van der Waals surface area contributed by atoms with Gasteiger partial charge in [0.1, 0.15) is 0 Å². The molecule has 0 radical (unpaired) electrons. The zero-order valence-electron chi connectivity index (χ0n) is 17.0. The molecule has 1 heterocycles. The number of thiophene rings is 1. The molecule has 0 bridgehead atoms. The van der Waals surface area contributed by atoms with Crippen LogP contribution in [0, 0.1) is 6.92 Å². The van der Waals surface area contributed by atoms with Crippen molar-refractivity contribution in [2.45, 2.75) is 39.7 Å². The number of amides is 2. The van der Waals surface area contributed by atoms with Gasteiger partial charge in [-0.25, -0.2) is 0 Å². The Morgan fingerprint density at radius 2 is 1.78 bits per heavy atom. The van der Waals surface area contributed by atoms with E-state index in [4.69, 9.17) is 0 Å². The number of nitrogens with zero attached hydrogens (tertiary/aromatic N) is 2. The van der Waals surface area contributed by atoms with Gasteiger partial charge in [0, 0.05) is 30.9 Å². The van der Waals surface area contributed by atoms with Crippen molar-refractivity contribution < 1.29 is 9.59 Å². The fourth-order valence-electron chi connectivity index (χ4n) is 3.06. The second kappa shape index (κ2) is 9.85. The van der Waals surface area contributed by atoms with E-state index in [1.807, 2.05) is 38.1 Å². The highest BCUT2D eigenvalue weighted by Gasteiger charge is 2.19. The minimum Gasteiger partial charge on any atom is -0.352 e. The summed E-state index contributed by atoms with van der Waals surface area (Å²) in [4.78, 5) is 29.4. The van der Waals surface area contributed by atoms with Crippen LogP contribution in [0.3, 0.4) is 0 Å². The van der Waals surface area contributed by atoms with Gasteiger partial charge in [-0.3, -0.25) is 14.5 Å². The number of likely N-dealkylation sites (N-methyl/N-ethyl adjacent to an activating group) is 2. The molecule has 6 heteroatoms. The number of hydrogen-bond acceptors (Lipinski definition) is 4. The van der Waals surface area contributed by atoms with Gasteiger partial charge in [-0.05, 0) is 43.8 Å². The van der Waals surface area contributed by atoms with E-state index in [1.165, 1.54) is 0 Å². The first kappa shape index (κ1) is 21.4. The molecule has 2 amide bonds. The smallest absolute Gasteiger partial charge is 0.264 e. The number of aryl methyl sites for hydroxylation is 1. The van der Waals surface area contributed by atoms with Gasteiger partial charge >= 0.3 is 0 Å². The lowest BCUT2D eigenvalue weighted by atomic mass is 10.1. The van der Waals surface area contributed by atoms with E-state index in [-0.39, 0.29) is 17.9 Å². The maximum atomic E-state index is 12.8. The second-order valence-corrected chi connectivity index (χ2v) is 8.15. The summed E-state index contributed by atoms with van der Waals surface area (Å²) in [5.41, 5.74) is 1.05. The van der Waals surface area contributed by atoms with Gasteiger partial charge in [-0.1, -0.05) is 32.0 Å². The van der Waals surface area contributed by atoms with E-state index < -0.39 is 0 Å². The molecular formula is C21H31N3O2S. The van der Waals surface area contributed by atoms with Crippen molar-refractivity contribution in [3.8, 4) is 0 Å². The first-order valence-electron chi connectivity index (χ1n) is 9.58. The molecular weight excluding hydrogens is 358 g/mol. The molecule has 0 aliphatic rings. The van der Waals surface area contributed by atoms with Crippen LogP contribution in [-0.2, 0) is 4.79 Å². The summed E-state index contributed by atoms with van der Waals surface area (Å²) in [5, 5.41) is 4.19.